The molecule has 1 saturated heterocycles. The summed E-state index contributed by atoms with van der Waals surface area (Å²) in [5.74, 6) is 0.486. The molecule has 0 bridgehead atoms. The number of carbonyl (C=O) groups excluding carboxylic acids is 1. The fraction of sp³-hybridized carbons (Fsp3) is 0.438. The van der Waals surface area contributed by atoms with E-state index in [9.17, 15) is 4.79 Å². The molecule has 1 amide bonds. The molecule has 21 heavy (non-hydrogen) atoms. The van der Waals surface area contributed by atoms with E-state index in [2.05, 4.69) is 22.2 Å². The number of aromatic nitrogens is 3. The molecule has 3 heterocycles. The number of aryl methyl sites for hydroxylation is 2. The standard InChI is InChI=1S/C16H20N4O/c1-12-8-13(5-6-17-12)14-4-3-7-20(11-14)16(21)15-9-18-19(2)10-15/h5-6,8-10,14H,3-4,7,11H2,1-2H3/t14-/m1/s1. The Labute approximate surface area is 124 Å². The third-order valence-corrected chi connectivity index (χ3v) is 4.05. The Kier molecular flexibility index (Phi) is 3.73. The van der Waals surface area contributed by atoms with Gasteiger partial charge in [-0.25, -0.2) is 0 Å². The first kappa shape index (κ1) is 13.8. The molecule has 5 heteroatoms. The van der Waals surface area contributed by atoms with Crippen LogP contribution in [0, 0.1) is 6.92 Å². The molecule has 3 rings (SSSR count). The largest absolute Gasteiger partial charge is 0.338 e. The summed E-state index contributed by atoms with van der Waals surface area (Å²) in [6.07, 6.45) is 7.44. The first-order valence-corrected chi connectivity index (χ1v) is 7.34. The lowest BCUT2D eigenvalue weighted by Crippen LogP contribution is -2.39. The molecular weight excluding hydrogens is 264 g/mol. The number of rotatable bonds is 2. The predicted octanol–water partition coefficient (Wildman–Crippen LogP) is 2.14. The Morgan fingerprint density at radius 3 is 3.00 bits per heavy atom. The molecule has 2 aromatic rings. The van der Waals surface area contributed by atoms with Crippen molar-refractivity contribution in [2.75, 3.05) is 13.1 Å². The van der Waals surface area contributed by atoms with Crippen LogP contribution in [0.25, 0.3) is 0 Å². The molecule has 0 aromatic carbocycles. The van der Waals surface area contributed by atoms with Crippen molar-refractivity contribution < 1.29 is 4.79 Å². The predicted molar refractivity (Wildman–Crippen MR) is 80.1 cm³/mol. The van der Waals surface area contributed by atoms with Crippen molar-refractivity contribution in [2.24, 2.45) is 7.05 Å². The van der Waals surface area contributed by atoms with Crippen molar-refractivity contribution in [2.45, 2.75) is 25.7 Å². The normalized spacial score (nSPS) is 18.8. The third kappa shape index (κ3) is 2.96. The van der Waals surface area contributed by atoms with Crippen LogP contribution in [0.1, 0.15) is 40.4 Å². The highest BCUT2D eigenvalue weighted by atomic mass is 16.2. The van der Waals surface area contributed by atoms with Crippen molar-refractivity contribution in [1.29, 1.82) is 0 Å². The van der Waals surface area contributed by atoms with E-state index >= 15 is 0 Å². The van der Waals surface area contributed by atoms with Gasteiger partial charge in [0, 0.05) is 44.1 Å². The number of pyridine rings is 1. The molecule has 110 valence electrons. The van der Waals surface area contributed by atoms with E-state index in [4.69, 9.17) is 0 Å². The minimum Gasteiger partial charge on any atom is -0.338 e. The van der Waals surface area contributed by atoms with Gasteiger partial charge in [0.2, 0.25) is 0 Å². The van der Waals surface area contributed by atoms with Crippen LogP contribution in [0.3, 0.4) is 0 Å². The monoisotopic (exact) mass is 284 g/mol. The molecule has 0 aliphatic carbocycles. The number of likely N-dealkylation sites (tertiary alicyclic amines) is 1. The molecule has 5 nitrogen and oxygen atoms in total. The summed E-state index contributed by atoms with van der Waals surface area (Å²) in [6.45, 7) is 3.61. The van der Waals surface area contributed by atoms with Crippen LogP contribution in [0.2, 0.25) is 0 Å². The molecule has 0 N–H and O–H groups in total. The molecule has 0 saturated carbocycles. The summed E-state index contributed by atoms with van der Waals surface area (Å²) in [5.41, 5.74) is 2.98. The molecule has 1 atom stereocenters. The number of amides is 1. The minimum absolute atomic E-state index is 0.0820. The van der Waals surface area contributed by atoms with Gasteiger partial charge in [-0.05, 0) is 37.5 Å². The average Bonchev–Trinajstić information content (AvgIpc) is 2.93. The highest BCUT2D eigenvalue weighted by Gasteiger charge is 2.26. The molecule has 2 aromatic heterocycles. The number of piperidine rings is 1. The van der Waals surface area contributed by atoms with Gasteiger partial charge in [-0.1, -0.05) is 0 Å². The molecule has 0 radical (unpaired) electrons. The van der Waals surface area contributed by atoms with Crippen LogP contribution in [0.15, 0.2) is 30.7 Å². The zero-order valence-electron chi connectivity index (χ0n) is 12.5. The van der Waals surface area contributed by atoms with E-state index in [1.165, 1.54) is 5.56 Å². The Morgan fingerprint density at radius 1 is 1.43 bits per heavy atom. The maximum absolute atomic E-state index is 12.5. The minimum atomic E-state index is 0.0820. The third-order valence-electron chi connectivity index (χ3n) is 4.05. The first-order chi connectivity index (χ1) is 10.1. The number of hydrogen-bond acceptors (Lipinski definition) is 3. The van der Waals surface area contributed by atoms with Crippen LogP contribution in [0.4, 0.5) is 0 Å². The van der Waals surface area contributed by atoms with Gasteiger partial charge in [0.25, 0.3) is 5.91 Å². The van der Waals surface area contributed by atoms with E-state index in [0.29, 0.717) is 11.5 Å². The van der Waals surface area contributed by atoms with Crippen molar-refractivity contribution in [3.63, 3.8) is 0 Å². The van der Waals surface area contributed by atoms with E-state index in [1.54, 1.807) is 17.1 Å². The smallest absolute Gasteiger partial charge is 0.257 e. The highest BCUT2D eigenvalue weighted by molar-refractivity contribution is 5.93. The van der Waals surface area contributed by atoms with Crippen molar-refractivity contribution in [3.8, 4) is 0 Å². The fourth-order valence-corrected chi connectivity index (χ4v) is 2.97. The fourth-order valence-electron chi connectivity index (χ4n) is 2.97. The van der Waals surface area contributed by atoms with Gasteiger partial charge >= 0.3 is 0 Å². The summed E-state index contributed by atoms with van der Waals surface area (Å²) < 4.78 is 1.67. The van der Waals surface area contributed by atoms with Gasteiger partial charge in [0.1, 0.15) is 0 Å². The molecule has 1 aliphatic rings. The summed E-state index contributed by atoms with van der Waals surface area (Å²) in [6, 6.07) is 4.19. The van der Waals surface area contributed by atoms with Crippen molar-refractivity contribution >= 4 is 5.91 Å². The van der Waals surface area contributed by atoms with Crippen molar-refractivity contribution in [1.82, 2.24) is 19.7 Å². The van der Waals surface area contributed by atoms with E-state index in [1.807, 2.05) is 25.1 Å². The maximum atomic E-state index is 12.5. The van der Waals surface area contributed by atoms with Crippen LogP contribution >= 0.6 is 0 Å². The number of nitrogens with zero attached hydrogens (tertiary/aromatic N) is 4. The number of carbonyl (C=O) groups is 1. The topological polar surface area (TPSA) is 51.0 Å². The number of hydrogen-bond donors (Lipinski definition) is 0. The first-order valence-electron chi connectivity index (χ1n) is 7.34. The highest BCUT2D eigenvalue weighted by Crippen LogP contribution is 2.27. The Balaban J connectivity index is 1.75. The average molecular weight is 284 g/mol. The van der Waals surface area contributed by atoms with Crippen LogP contribution in [0.5, 0.6) is 0 Å². The second-order valence-corrected chi connectivity index (χ2v) is 5.72. The van der Waals surface area contributed by atoms with E-state index in [-0.39, 0.29) is 5.91 Å². The zero-order chi connectivity index (χ0) is 14.8. The van der Waals surface area contributed by atoms with Gasteiger partial charge in [0.15, 0.2) is 0 Å². The van der Waals surface area contributed by atoms with Crippen LogP contribution < -0.4 is 0 Å². The molecule has 0 spiro atoms. The maximum Gasteiger partial charge on any atom is 0.257 e. The molecule has 0 unspecified atom stereocenters. The van der Waals surface area contributed by atoms with E-state index < -0.39 is 0 Å². The quantitative estimate of drug-likeness (QED) is 0.849. The Morgan fingerprint density at radius 2 is 2.29 bits per heavy atom. The van der Waals surface area contributed by atoms with Gasteiger partial charge < -0.3 is 4.90 Å². The van der Waals surface area contributed by atoms with E-state index in [0.717, 1.165) is 31.6 Å². The second kappa shape index (κ2) is 5.68. The Hall–Kier alpha value is -2.17. The molecule has 1 aliphatic heterocycles. The van der Waals surface area contributed by atoms with Gasteiger partial charge in [-0.3, -0.25) is 14.5 Å². The van der Waals surface area contributed by atoms with Gasteiger partial charge in [-0.2, -0.15) is 5.10 Å². The Bertz CT molecular complexity index is 649. The summed E-state index contributed by atoms with van der Waals surface area (Å²) >= 11 is 0. The molecule has 1 fully saturated rings. The van der Waals surface area contributed by atoms with Gasteiger partial charge in [0.05, 0.1) is 11.8 Å². The lowest BCUT2D eigenvalue weighted by atomic mass is 9.90. The summed E-state index contributed by atoms with van der Waals surface area (Å²) in [7, 11) is 1.83. The van der Waals surface area contributed by atoms with Crippen molar-refractivity contribution in [3.05, 3.63) is 47.5 Å². The zero-order valence-corrected chi connectivity index (χ0v) is 12.5. The second-order valence-electron chi connectivity index (χ2n) is 5.72. The summed E-state index contributed by atoms with van der Waals surface area (Å²) in [4.78, 5) is 18.7. The lowest BCUT2D eigenvalue weighted by Gasteiger charge is -2.32. The molecular formula is C16H20N4O. The van der Waals surface area contributed by atoms with Crippen LogP contribution in [-0.4, -0.2) is 38.7 Å². The van der Waals surface area contributed by atoms with Gasteiger partial charge in [-0.15, -0.1) is 0 Å². The SMILES string of the molecule is Cc1cc([C@@H]2CCCN(C(=O)c3cnn(C)c3)C2)ccn1. The van der Waals surface area contributed by atoms with Crippen LogP contribution in [-0.2, 0) is 7.05 Å². The lowest BCUT2D eigenvalue weighted by molar-refractivity contribution is 0.0707. The summed E-state index contributed by atoms with van der Waals surface area (Å²) in [5, 5.41) is 4.08.